The number of carboxylic acids is 1. The van der Waals surface area contributed by atoms with E-state index in [1.54, 1.807) is 0 Å². The molecular formula is C10H12F2N2O2S. The lowest BCUT2D eigenvalue weighted by Gasteiger charge is -2.16. The van der Waals surface area contributed by atoms with Crippen LogP contribution in [0.4, 0.5) is 13.9 Å². The Balaban J connectivity index is 2.16. The van der Waals surface area contributed by atoms with Gasteiger partial charge in [0.05, 0.1) is 12.2 Å². The summed E-state index contributed by atoms with van der Waals surface area (Å²) in [6.45, 7) is -0.454. The maximum absolute atomic E-state index is 12.0. The summed E-state index contributed by atoms with van der Waals surface area (Å²) in [6.07, 6.45) is -0.278. The zero-order valence-corrected chi connectivity index (χ0v) is 9.77. The number of thiazole rings is 1. The van der Waals surface area contributed by atoms with Crippen molar-refractivity contribution in [2.75, 3.05) is 11.9 Å². The number of aromatic nitrogens is 1. The lowest BCUT2D eigenvalue weighted by atomic mass is 9.91. The van der Waals surface area contributed by atoms with Crippen molar-refractivity contribution in [2.24, 2.45) is 0 Å². The van der Waals surface area contributed by atoms with E-state index in [-0.39, 0.29) is 0 Å². The molecule has 0 amide bonds. The molecule has 1 heterocycles. The lowest BCUT2D eigenvalue weighted by Crippen LogP contribution is -2.17. The van der Waals surface area contributed by atoms with E-state index in [0.29, 0.717) is 17.2 Å². The Morgan fingerprint density at radius 3 is 3.06 bits per heavy atom. The molecule has 17 heavy (non-hydrogen) atoms. The van der Waals surface area contributed by atoms with E-state index in [4.69, 9.17) is 5.11 Å². The number of anilines is 1. The minimum Gasteiger partial charge on any atom is -0.481 e. The molecule has 2 N–H and O–H groups in total. The van der Waals surface area contributed by atoms with Crippen LogP contribution in [0.2, 0.25) is 0 Å². The Labute approximate surface area is 101 Å². The number of aliphatic carboxylic acids is 1. The Bertz CT molecular complexity index is 422. The summed E-state index contributed by atoms with van der Waals surface area (Å²) in [5.41, 5.74) is 0.547. The van der Waals surface area contributed by atoms with Gasteiger partial charge in [0.2, 0.25) is 0 Å². The van der Waals surface area contributed by atoms with Crippen LogP contribution in [0.1, 0.15) is 29.3 Å². The van der Waals surface area contributed by atoms with Crippen LogP contribution in [-0.2, 0) is 11.2 Å². The van der Waals surface area contributed by atoms with Crippen molar-refractivity contribution in [3.05, 3.63) is 10.6 Å². The summed E-state index contributed by atoms with van der Waals surface area (Å²) in [4.78, 5) is 16.0. The molecule has 1 aliphatic carbocycles. The highest BCUT2D eigenvalue weighted by Gasteiger charge is 2.29. The van der Waals surface area contributed by atoms with Crippen molar-refractivity contribution in [3.63, 3.8) is 0 Å². The molecule has 0 saturated heterocycles. The number of nitrogens with zero attached hydrogens (tertiary/aromatic N) is 1. The van der Waals surface area contributed by atoms with E-state index in [1.165, 1.54) is 11.3 Å². The summed E-state index contributed by atoms with van der Waals surface area (Å²) in [6, 6.07) is 0. The van der Waals surface area contributed by atoms with Crippen molar-refractivity contribution in [3.8, 4) is 0 Å². The molecule has 0 saturated carbocycles. The fourth-order valence-electron chi connectivity index (χ4n) is 1.90. The van der Waals surface area contributed by atoms with Crippen molar-refractivity contribution >= 4 is 22.4 Å². The largest absolute Gasteiger partial charge is 0.481 e. The molecule has 4 nitrogen and oxygen atoms in total. The van der Waals surface area contributed by atoms with Crippen LogP contribution >= 0.6 is 11.3 Å². The molecule has 0 aliphatic heterocycles. The smallest absolute Gasteiger partial charge is 0.312 e. The molecule has 0 fully saturated rings. The highest BCUT2D eigenvalue weighted by atomic mass is 32.1. The molecule has 0 bridgehead atoms. The SMILES string of the molecule is O=C(O)C1CCCc2sc(NCC(F)F)nc21. The Morgan fingerprint density at radius 1 is 1.65 bits per heavy atom. The molecule has 1 aromatic rings. The zero-order valence-electron chi connectivity index (χ0n) is 8.95. The summed E-state index contributed by atoms with van der Waals surface area (Å²) in [5, 5.41) is 12.0. The number of halogens is 2. The molecule has 1 aromatic heterocycles. The highest BCUT2D eigenvalue weighted by Crippen LogP contribution is 2.36. The highest BCUT2D eigenvalue weighted by molar-refractivity contribution is 7.15. The van der Waals surface area contributed by atoms with Gasteiger partial charge in [0.15, 0.2) is 5.13 Å². The minimum absolute atomic E-state index is 0.392. The Morgan fingerprint density at radius 2 is 2.41 bits per heavy atom. The number of nitrogens with one attached hydrogen (secondary N) is 1. The third kappa shape index (κ3) is 2.71. The maximum Gasteiger partial charge on any atom is 0.312 e. The summed E-state index contributed by atoms with van der Waals surface area (Å²) < 4.78 is 24.1. The first-order valence-electron chi connectivity index (χ1n) is 5.32. The zero-order chi connectivity index (χ0) is 12.4. The second kappa shape index (κ2) is 4.95. The van der Waals surface area contributed by atoms with Gasteiger partial charge in [0, 0.05) is 4.88 Å². The topological polar surface area (TPSA) is 62.2 Å². The van der Waals surface area contributed by atoms with Crippen LogP contribution in [0.25, 0.3) is 0 Å². The minimum atomic E-state index is -2.44. The van der Waals surface area contributed by atoms with Crippen molar-refractivity contribution in [1.29, 1.82) is 0 Å². The van der Waals surface area contributed by atoms with Crippen LogP contribution in [0.15, 0.2) is 0 Å². The quantitative estimate of drug-likeness (QED) is 0.874. The monoisotopic (exact) mass is 262 g/mol. The Kier molecular flexibility index (Phi) is 3.56. The molecule has 1 aliphatic rings. The summed E-state index contributed by atoms with van der Waals surface area (Å²) in [7, 11) is 0. The summed E-state index contributed by atoms with van der Waals surface area (Å²) in [5.74, 6) is -1.48. The number of carbonyl (C=O) groups is 1. The van der Waals surface area contributed by atoms with E-state index in [1.807, 2.05) is 0 Å². The number of fused-ring (bicyclic) bond motifs is 1. The van der Waals surface area contributed by atoms with Crippen molar-refractivity contribution in [1.82, 2.24) is 4.98 Å². The first kappa shape index (κ1) is 12.2. The van der Waals surface area contributed by atoms with Gasteiger partial charge in [0.1, 0.15) is 5.92 Å². The average Bonchev–Trinajstić information content (AvgIpc) is 2.68. The predicted molar refractivity (Wildman–Crippen MR) is 59.9 cm³/mol. The number of alkyl halides is 2. The van der Waals surface area contributed by atoms with Crippen molar-refractivity contribution in [2.45, 2.75) is 31.6 Å². The third-order valence-corrected chi connectivity index (χ3v) is 3.75. The standard InChI is InChI=1S/C10H12F2N2O2S/c11-7(12)4-13-10-14-8-5(9(15)16)2-1-3-6(8)17-10/h5,7H,1-4H2,(H,13,14)(H,15,16). The van der Waals surface area contributed by atoms with Crippen LogP contribution in [0, 0.1) is 0 Å². The molecule has 94 valence electrons. The molecule has 0 aromatic carbocycles. The fraction of sp³-hybridized carbons (Fsp3) is 0.600. The van der Waals surface area contributed by atoms with E-state index in [9.17, 15) is 13.6 Å². The molecule has 2 rings (SSSR count). The second-order valence-corrected chi connectivity index (χ2v) is 4.97. The number of hydrogen-bond donors (Lipinski definition) is 2. The van der Waals surface area contributed by atoms with Crippen LogP contribution in [0.3, 0.4) is 0 Å². The van der Waals surface area contributed by atoms with Gasteiger partial charge in [-0.3, -0.25) is 4.79 Å². The second-order valence-electron chi connectivity index (χ2n) is 3.88. The van der Waals surface area contributed by atoms with Gasteiger partial charge < -0.3 is 10.4 Å². The number of hydrogen-bond acceptors (Lipinski definition) is 4. The predicted octanol–water partition coefficient (Wildman–Crippen LogP) is 2.32. The molecule has 1 atom stereocenters. The molecule has 0 spiro atoms. The first-order valence-corrected chi connectivity index (χ1v) is 6.14. The number of rotatable bonds is 4. The van der Waals surface area contributed by atoms with Crippen LogP contribution in [-0.4, -0.2) is 29.0 Å². The average molecular weight is 262 g/mol. The van der Waals surface area contributed by atoms with Crippen LogP contribution < -0.4 is 5.32 Å². The molecular weight excluding hydrogens is 250 g/mol. The summed E-state index contributed by atoms with van der Waals surface area (Å²) >= 11 is 1.28. The molecule has 1 unspecified atom stereocenters. The van der Waals surface area contributed by atoms with E-state index in [0.717, 1.165) is 17.7 Å². The lowest BCUT2D eigenvalue weighted by molar-refractivity contribution is -0.139. The van der Waals surface area contributed by atoms with Gasteiger partial charge in [-0.05, 0) is 19.3 Å². The van der Waals surface area contributed by atoms with Gasteiger partial charge in [-0.25, -0.2) is 13.8 Å². The normalized spacial score (nSPS) is 19.1. The molecule has 7 heteroatoms. The maximum atomic E-state index is 12.0. The van der Waals surface area contributed by atoms with Gasteiger partial charge in [0.25, 0.3) is 6.43 Å². The van der Waals surface area contributed by atoms with Crippen LogP contribution in [0.5, 0.6) is 0 Å². The first-order chi connectivity index (χ1) is 8.08. The Hall–Kier alpha value is -1.24. The third-order valence-electron chi connectivity index (χ3n) is 2.66. The van der Waals surface area contributed by atoms with E-state index in [2.05, 4.69) is 10.3 Å². The molecule has 0 radical (unpaired) electrons. The van der Waals surface area contributed by atoms with Crippen molar-refractivity contribution < 1.29 is 18.7 Å². The van der Waals surface area contributed by atoms with Gasteiger partial charge in [-0.2, -0.15) is 0 Å². The van der Waals surface area contributed by atoms with Gasteiger partial charge in [-0.15, -0.1) is 11.3 Å². The van der Waals surface area contributed by atoms with E-state index >= 15 is 0 Å². The fourth-order valence-corrected chi connectivity index (χ4v) is 2.97. The van der Waals surface area contributed by atoms with Gasteiger partial charge >= 0.3 is 5.97 Å². The number of carboxylic acid groups (broad SMARTS) is 1. The van der Waals surface area contributed by atoms with E-state index < -0.39 is 24.9 Å². The number of aryl methyl sites for hydroxylation is 1. The van der Waals surface area contributed by atoms with Gasteiger partial charge in [-0.1, -0.05) is 0 Å².